The zero-order valence-electron chi connectivity index (χ0n) is 10.8. The molecular weight excluding hydrogens is 352 g/mol. The van der Waals surface area contributed by atoms with E-state index in [0.29, 0.717) is 0 Å². The SMILES string of the molecule is Cc1cc(C(=O)c2ccc(Br)cc2C(F)(F)F)ccc1F. The highest BCUT2D eigenvalue weighted by Crippen LogP contribution is 2.34. The summed E-state index contributed by atoms with van der Waals surface area (Å²) in [5, 5.41) is 0. The quantitative estimate of drug-likeness (QED) is 0.534. The van der Waals surface area contributed by atoms with Crippen LogP contribution < -0.4 is 0 Å². The first-order valence-electron chi connectivity index (χ1n) is 5.88. The van der Waals surface area contributed by atoms with Gasteiger partial charge in [0.15, 0.2) is 5.78 Å². The van der Waals surface area contributed by atoms with E-state index in [9.17, 15) is 22.4 Å². The van der Waals surface area contributed by atoms with Gasteiger partial charge in [-0.3, -0.25) is 4.79 Å². The average Bonchev–Trinajstić information content (AvgIpc) is 2.40. The van der Waals surface area contributed by atoms with Crippen molar-refractivity contribution in [1.82, 2.24) is 0 Å². The Kier molecular flexibility index (Phi) is 4.18. The molecule has 0 spiro atoms. The Morgan fingerprint density at radius 2 is 1.76 bits per heavy atom. The standard InChI is InChI=1S/C15H9BrF4O/c1-8-6-9(2-5-13(8)17)14(21)11-4-3-10(16)7-12(11)15(18,19)20/h2-7H,1H3. The van der Waals surface area contributed by atoms with Crippen LogP contribution in [-0.2, 0) is 6.18 Å². The first-order chi connectivity index (χ1) is 9.70. The normalized spacial score (nSPS) is 11.5. The van der Waals surface area contributed by atoms with Gasteiger partial charge in [-0.25, -0.2) is 4.39 Å². The lowest BCUT2D eigenvalue weighted by Crippen LogP contribution is -2.14. The van der Waals surface area contributed by atoms with Crippen molar-refractivity contribution in [3.63, 3.8) is 0 Å². The molecule has 0 aromatic heterocycles. The molecule has 2 aromatic rings. The molecule has 1 nitrogen and oxygen atoms in total. The van der Waals surface area contributed by atoms with E-state index >= 15 is 0 Å². The molecule has 0 N–H and O–H groups in total. The number of aryl methyl sites for hydroxylation is 1. The Morgan fingerprint density at radius 3 is 2.33 bits per heavy atom. The van der Waals surface area contributed by atoms with Crippen molar-refractivity contribution in [2.75, 3.05) is 0 Å². The summed E-state index contributed by atoms with van der Waals surface area (Å²) in [7, 11) is 0. The van der Waals surface area contributed by atoms with Gasteiger partial charge in [0.05, 0.1) is 5.56 Å². The summed E-state index contributed by atoms with van der Waals surface area (Å²) < 4.78 is 52.5. The van der Waals surface area contributed by atoms with Gasteiger partial charge >= 0.3 is 6.18 Å². The number of ketones is 1. The van der Waals surface area contributed by atoms with Gasteiger partial charge in [-0.2, -0.15) is 13.2 Å². The second-order valence-corrected chi connectivity index (χ2v) is 5.40. The Bertz CT molecular complexity index is 707. The van der Waals surface area contributed by atoms with Crippen molar-refractivity contribution in [3.05, 3.63) is 68.9 Å². The molecule has 0 fully saturated rings. The molecule has 0 heterocycles. The Balaban J connectivity index is 2.55. The van der Waals surface area contributed by atoms with Crippen LogP contribution in [-0.4, -0.2) is 5.78 Å². The Hall–Kier alpha value is -1.69. The molecule has 110 valence electrons. The number of hydrogen-bond donors (Lipinski definition) is 0. The maximum absolute atomic E-state index is 13.2. The molecule has 0 saturated carbocycles. The van der Waals surface area contributed by atoms with Gasteiger partial charge in [-0.1, -0.05) is 15.9 Å². The summed E-state index contributed by atoms with van der Waals surface area (Å²) in [6.07, 6.45) is -4.65. The molecule has 0 saturated heterocycles. The third kappa shape index (κ3) is 3.32. The second kappa shape index (κ2) is 5.60. The molecule has 0 aliphatic heterocycles. The first-order valence-corrected chi connectivity index (χ1v) is 6.67. The predicted octanol–water partition coefficient (Wildman–Crippen LogP) is 5.15. The number of carbonyl (C=O) groups excluding carboxylic acids is 1. The minimum Gasteiger partial charge on any atom is -0.289 e. The van der Waals surface area contributed by atoms with E-state index in [1.54, 1.807) is 0 Å². The minimum absolute atomic E-state index is 0.0155. The van der Waals surface area contributed by atoms with E-state index < -0.39 is 28.9 Å². The fourth-order valence-corrected chi connectivity index (χ4v) is 2.25. The highest BCUT2D eigenvalue weighted by atomic mass is 79.9. The monoisotopic (exact) mass is 360 g/mol. The first kappa shape index (κ1) is 15.7. The lowest BCUT2D eigenvalue weighted by Gasteiger charge is -2.13. The molecule has 0 bridgehead atoms. The average molecular weight is 361 g/mol. The Morgan fingerprint density at radius 1 is 1.10 bits per heavy atom. The van der Waals surface area contributed by atoms with Crippen molar-refractivity contribution in [3.8, 4) is 0 Å². The number of benzene rings is 2. The molecule has 0 unspecified atom stereocenters. The summed E-state index contributed by atoms with van der Waals surface area (Å²) in [6.45, 7) is 1.44. The number of halogens is 5. The summed E-state index contributed by atoms with van der Waals surface area (Å²) in [4.78, 5) is 12.3. The van der Waals surface area contributed by atoms with Crippen molar-refractivity contribution >= 4 is 21.7 Å². The lowest BCUT2D eigenvalue weighted by molar-refractivity contribution is -0.137. The molecule has 0 aliphatic carbocycles. The summed E-state index contributed by atoms with van der Waals surface area (Å²) in [5.41, 5.74) is -1.27. The van der Waals surface area contributed by atoms with Crippen LogP contribution in [0.25, 0.3) is 0 Å². The minimum atomic E-state index is -4.65. The third-order valence-electron chi connectivity index (χ3n) is 2.95. The van der Waals surface area contributed by atoms with E-state index in [-0.39, 0.29) is 15.6 Å². The molecular formula is C15H9BrF4O. The molecule has 6 heteroatoms. The highest BCUT2D eigenvalue weighted by Gasteiger charge is 2.35. The molecule has 0 aliphatic rings. The van der Waals surface area contributed by atoms with Gasteiger partial charge in [-0.15, -0.1) is 0 Å². The number of hydrogen-bond acceptors (Lipinski definition) is 1. The van der Waals surface area contributed by atoms with E-state index in [1.165, 1.54) is 25.1 Å². The van der Waals surface area contributed by atoms with Crippen molar-refractivity contribution in [2.45, 2.75) is 13.1 Å². The van der Waals surface area contributed by atoms with Crippen LogP contribution >= 0.6 is 15.9 Å². The zero-order chi connectivity index (χ0) is 15.8. The highest BCUT2D eigenvalue weighted by molar-refractivity contribution is 9.10. The van der Waals surface area contributed by atoms with Gasteiger partial charge < -0.3 is 0 Å². The molecule has 0 amide bonds. The molecule has 2 aromatic carbocycles. The molecule has 21 heavy (non-hydrogen) atoms. The number of carbonyl (C=O) groups is 1. The van der Waals surface area contributed by atoms with Crippen LogP contribution in [0, 0.1) is 12.7 Å². The zero-order valence-corrected chi connectivity index (χ0v) is 12.3. The fourth-order valence-electron chi connectivity index (χ4n) is 1.89. The molecule has 2 rings (SSSR count). The summed E-state index contributed by atoms with van der Waals surface area (Å²) in [5.74, 6) is -1.31. The fraction of sp³-hybridized carbons (Fsp3) is 0.133. The maximum atomic E-state index is 13.2. The lowest BCUT2D eigenvalue weighted by atomic mass is 9.97. The number of rotatable bonds is 2. The largest absolute Gasteiger partial charge is 0.417 e. The van der Waals surface area contributed by atoms with Gasteiger partial charge in [0.25, 0.3) is 0 Å². The van der Waals surface area contributed by atoms with Crippen LogP contribution in [0.3, 0.4) is 0 Å². The van der Waals surface area contributed by atoms with Crippen LogP contribution in [0.15, 0.2) is 40.9 Å². The summed E-state index contributed by atoms with van der Waals surface area (Å²) >= 11 is 2.95. The van der Waals surface area contributed by atoms with Crippen molar-refractivity contribution in [1.29, 1.82) is 0 Å². The van der Waals surface area contributed by atoms with E-state index in [2.05, 4.69) is 15.9 Å². The topological polar surface area (TPSA) is 17.1 Å². The van der Waals surface area contributed by atoms with Gasteiger partial charge in [0.1, 0.15) is 5.82 Å². The maximum Gasteiger partial charge on any atom is 0.417 e. The predicted molar refractivity (Wildman–Crippen MR) is 73.7 cm³/mol. The van der Waals surface area contributed by atoms with Crippen molar-refractivity contribution in [2.24, 2.45) is 0 Å². The van der Waals surface area contributed by atoms with Crippen LogP contribution in [0.4, 0.5) is 17.6 Å². The second-order valence-electron chi connectivity index (χ2n) is 4.48. The summed E-state index contributed by atoms with van der Waals surface area (Å²) in [6, 6.07) is 6.79. The van der Waals surface area contributed by atoms with E-state index in [4.69, 9.17) is 0 Å². The van der Waals surface area contributed by atoms with E-state index in [1.807, 2.05) is 0 Å². The van der Waals surface area contributed by atoms with Gasteiger partial charge in [-0.05, 0) is 48.9 Å². The van der Waals surface area contributed by atoms with E-state index in [0.717, 1.165) is 18.2 Å². The van der Waals surface area contributed by atoms with Crippen molar-refractivity contribution < 1.29 is 22.4 Å². The smallest absolute Gasteiger partial charge is 0.289 e. The van der Waals surface area contributed by atoms with Crippen LogP contribution in [0.5, 0.6) is 0 Å². The number of alkyl halides is 3. The van der Waals surface area contributed by atoms with Crippen LogP contribution in [0.2, 0.25) is 0 Å². The molecule has 0 atom stereocenters. The van der Waals surface area contributed by atoms with Gasteiger partial charge in [0, 0.05) is 15.6 Å². The van der Waals surface area contributed by atoms with Crippen LogP contribution in [0.1, 0.15) is 27.0 Å². The molecule has 0 radical (unpaired) electrons. The van der Waals surface area contributed by atoms with Gasteiger partial charge in [0.2, 0.25) is 0 Å². The third-order valence-corrected chi connectivity index (χ3v) is 3.45. The Labute approximate surface area is 126 Å².